The van der Waals surface area contributed by atoms with Crippen molar-refractivity contribution >= 4 is 17.9 Å². The van der Waals surface area contributed by atoms with Gasteiger partial charge < -0.3 is 39.7 Å². The number of hydrogen-bond acceptors (Lipinski definition) is 9. The molecule has 8 atom stereocenters. The van der Waals surface area contributed by atoms with E-state index in [9.17, 15) is 19.5 Å². The lowest BCUT2D eigenvalue weighted by Gasteiger charge is -2.44. The number of methoxy groups -OCH3 is 2. The molecule has 14 nitrogen and oxygen atoms in total. The normalized spacial score (nSPS) is 25.0. The van der Waals surface area contributed by atoms with Crippen LogP contribution in [0.2, 0.25) is 0 Å². The summed E-state index contributed by atoms with van der Waals surface area (Å²) in [5.41, 5.74) is 6.95. The van der Waals surface area contributed by atoms with Gasteiger partial charge in [0.25, 0.3) is 0 Å². The van der Waals surface area contributed by atoms with Gasteiger partial charge in [0.05, 0.1) is 55.1 Å². The first-order chi connectivity index (χ1) is 27.6. The predicted molar refractivity (Wildman–Crippen MR) is 213 cm³/mol. The highest BCUT2D eigenvalue weighted by Gasteiger charge is 2.54. The maximum atomic E-state index is 13.9. The van der Waals surface area contributed by atoms with E-state index in [0.29, 0.717) is 6.54 Å². The Bertz CT molecular complexity index is 2170. The van der Waals surface area contributed by atoms with Crippen LogP contribution in [0, 0.1) is 17.8 Å². The Balaban J connectivity index is 0.944. The van der Waals surface area contributed by atoms with E-state index in [4.69, 9.17) is 19.4 Å². The van der Waals surface area contributed by atoms with E-state index in [1.54, 1.807) is 0 Å². The lowest BCUT2D eigenvalue weighted by atomic mass is 9.77. The molecule has 0 radical (unpaired) electrons. The number of piperidine rings is 1. The number of nitrogens with one attached hydrogen (secondary N) is 4. The summed E-state index contributed by atoms with van der Waals surface area (Å²) in [6.45, 7) is 6.49. The van der Waals surface area contributed by atoms with Crippen LogP contribution in [0.1, 0.15) is 63.8 Å². The molecule has 57 heavy (non-hydrogen) atoms. The number of allylic oxidation sites excluding steroid dienone is 2. The second kappa shape index (κ2) is 15.8. The summed E-state index contributed by atoms with van der Waals surface area (Å²) in [6.07, 6.45) is 10.5. The Kier molecular flexibility index (Phi) is 10.6. The van der Waals surface area contributed by atoms with Crippen molar-refractivity contribution in [2.45, 2.75) is 76.7 Å². The van der Waals surface area contributed by atoms with Crippen molar-refractivity contribution < 1.29 is 29.0 Å². The highest BCUT2D eigenvalue weighted by molar-refractivity contribution is 5.89. The van der Waals surface area contributed by atoms with Crippen molar-refractivity contribution in [3.8, 4) is 33.6 Å². The smallest absolute Gasteiger partial charge is 0.407 e. The highest BCUT2D eigenvalue weighted by atomic mass is 16.6. The van der Waals surface area contributed by atoms with Gasteiger partial charge in [-0.25, -0.2) is 14.8 Å². The van der Waals surface area contributed by atoms with Crippen LogP contribution in [-0.4, -0.2) is 98.1 Å². The molecule has 4 aromatic rings. The summed E-state index contributed by atoms with van der Waals surface area (Å²) in [4.78, 5) is 59.9. The predicted octanol–water partition coefficient (Wildman–Crippen LogP) is 5.46. The number of carbonyl (C=O) groups is 3. The molecule has 0 saturated carbocycles. The first-order valence-corrected chi connectivity index (χ1v) is 19.7. The zero-order valence-electron chi connectivity index (χ0n) is 32.8. The third-order valence-corrected chi connectivity index (χ3v) is 12.1. The third-order valence-electron chi connectivity index (χ3n) is 12.1. The number of amides is 3. The quantitative estimate of drug-likeness (QED) is 0.124. The molecular weight excluding hydrogens is 725 g/mol. The van der Waals surface area contributed by atoms with E-state index in [1.807, 2.05) is 43.0 Å². The van der Waals surface area contributed by atoms with Crippen molar-refractivity contribution in [1.29, 1.82) is 0 Å². The van der Waals surface area contributed by atoms with Crippen LogP contribution >= 0.6 is 0 Å². The zero-order chi connectivity index (χ0) is 40.0. The number of carbonyl (C=O) groups excluding carboxylic acids is 3. The van der Waals surface area contributed by atoms with Gasteiger partial charge in [-0.2, -0.15) is 0 Å². The van der Waals surface area contributed by atoms with Crippen LogP contribution in [0.15, 0.2) is 84.7 Å². The molecule has 0 spiro atoms. The van der Waals surface area contributed by atoms with Gasteiger partial charge in [0.1, 0.15) is 17.7 Å². The summed E-state index contributed by atoms with van der Waals surface area (Å²) in [6, 6.07) is 14.8. The fourth-order valence-corrected chi connectivity index (χ4v) is 9.05. The summed E-state index contributed by atoms with van der Waals surface area (Å²) >= 11 is 0. The number of aliphatic hydroxyl groups excluding tert-OH is 1. The minimum atomic E-state index is -1.22. The Morgan fingerprint density at radius 3 is 2.09 bits per heavy atom. The van der Waals surface area contributed by atoms with Gasteiger partial charge in [0.2, 0.25) is 18.2 Å². The van der Waals surface area contributed by atoms with Gasteiger partial charge in [0, 0.05) is 25.5 Å². The second-order valence-electron chi connectivity index (χ2n) is 15.7. The van der Waals surface area contributed by atoms with Crippen molar-refractivity contribution in [3.63, 3.8) is 0 Å². The van der Waals surface area contributed by atoms with Gasteiger partial charge in [-0.3, -0.25) is 14.9 Å². The number of benzene rings is 2. The molecule has 2 aromatic carbocycles. The summed E-state index contributed by atoms with van der Waals surface area (Å²) in [5, 5.41) is 15.7. The number of alkyl carbamates (subject to hydrolysis) is 1. The molecule has 2 aromatic heterocycles. The summed E-state index contributed by atoms with van der Waals surface area (Å²) in [7, 11) is 2.69. The molecule has 5 heterocycles. The molecule has 5 N–H and O–H groups in total. The van der Waals surface area contributed by atoms with Gasteiger partial charge >= 0.3 is 6.09 Å². The van der Waals surface area contributed by atoms with Gasteiger partial charge in [-0.05, 0) is 53.0 Å². The van der Waals surface area contributed by atoms with Crippen LogP contribution in [0.25, 0.3) is 33.6 Å². The van der Waals surface area contributed by atoms with E-state index in [-0.39, 0.29) is 47.7 Å². The number of aromatic nitrogens is 4. The number of likely N-dealkylation sites (tertiary alicyclic amines) is 1. The molecule has 1 aliphatic carbocycles. The number of hydrogen-bond donors (Lipinski definition) is 5. The lowest BCUT2D eigenvalue weighted by Crippen LogP contribution is -2.60. The van der Waals surface area contributed by atoms with E-state index < -0.39 is 24.6 Å². The fraction of sp³-hybridized carbons (Fsp3) is 0.419. The number of aliphatic hydroxyl groups is 1. The van der Waals surface area contributed by atoms with Crippen LogP contribution in [-0.2, 0) is 19.1 Å². The number of H-pyrrole nitrogens is 2. The maximum absolute atomic E-state index is 13.9. The third kappa shape index (κ3) is 7.17. The largest absolute Gasteiger partial charge is 0.453 e. The maximum Gasteiger partial charge on any atom is 0.407 e. The highest BCUT2D eigenvalue weighted by Crippen LogP contribution is 2.49. The average molecular weight is 775 g/mol. The summed E-state index contributed by atoms with van der Waals surface area (Å²) < 4.78 is 9.79. The number of rotatable bonds is 11. The number of aromatic amines is 2. The van der Waals surface area contributed by atoms with E-state index >= 15 is 0 Å². The SMILES string of the molecule is COC(=O)N[C@@H]1C(=O)N2C3C(=CC=CC3C[C@H]2c2ncc(-c3ccc(-c4ccc(-c5cnc([C@@H]6CCCN6C(=O)[C@@H](NC(O)OC)C(C)C)[nH]5)cc4)cc3)[nH]2)C1C. The Labute approximate surface area is 331 Å². The number of nitrogens with zero attached hydrogens (tertiary/aromatic N) is 4. The Morgan fingerprint density at radius 1 is 0.912 bits per heavy atom. The van der Waals surface area contributed by atoms with E-state index in [1.165, 1.54) is 14.2 Å². The topological polar surface area (TPSA) is 178 Å². The molecule has 3 saturated heterocycles. The van der Waals surface area contributed by atoms with E-state index in [2.05, 4.69) is 87.4 Å². The zero-order valence-corrected chi connectivity index (χ0v) is 32.8. The molecule has 14 heteroatoms. The summed E-state index contributed by atoms with van der Waals surface area (Å²) in [5.74, 6) is 1.24. The van der Waals surface area contributed by atoms with Gasteiger partial charge in [0.15, 0.2) is 0 Å². The molecule has 298 valence electrons. The average Bonchev–Trinajstić information content (AvgIpc) is 4.06. The molecular formula is C43H50N8O6. The van der Waals surface area contributed by atoms with Crippen LogP contribution in [0.4, 0.5) is 4.79 Å². The van der Waals surface area contributed by atoms with E-state index in [0.717, 1.165) is 70.1 Å². The molecule has 4 aliphatic rings. The minimum Gasteiger partial charge on any atom is -0.453 e. The number of ether oxygens (including phenoxy) is 2. The van der Waals surface area contributed by atoms with Gasteiger partial charge in [-0.15, -0.1) is 0 Å². The lowest BCUT2D eigenvalue weighted by molar-refractivity contribution is -0.145. The first kappa shape index (κ1) is 38.3. The van der Waals surface area contributed by atoms with Gasteiger partial charge in [-0.1, -0.05) is 87.5 Å². The number of imidazole rings is 2. The molecule has 8 rings (SSSR count). The fourth-order valence-electron chi connectivity index (χ4n) is 9.05. The molecule has 3 fully saturated rings. The second-order valence-corrected chi connectivity index (χ2v) is 15.7. The monoisotopic (exact) mass is 774 g/mol. The van der Waals surface area contributed by atoms with Crippen LogP contribution in [0.5, 0.6) is 0 Å². The molecule has 4 unspecified atom stereocenters. The first-order valence-electron chi connectivity index (χ1n) is 19.7. The standard InChI is InChI=1S/C43H50N8O6/c1-23(2)35(48-42(54)56-4)40(52)50-19-7-10-33(50)38-44-21-31(46-38)27-15-11-25(12-16-27)26-13-17-28(18-14-26)32-22-45-39(47-32)34-20-29-8-6-9-30-24(3)36(49-43(55)57-5)41(53)51(34)37(29)30/h6,8-9,11-18,21-24,29,33-37,42,48,54H,7,10,19-20H2,1-5H3,(H,44,46)(H,45,47)(H,49,55)/t24?,29?,33-,34-,35-,36-,37?,42?/m0/s1. The molecule has 0 bridgehead atoms. The molecule has 3 aliphatic heterocycles. The Hall–Kier alpha value is -5.57. The van der Waals surface area contributed by atoms with Crippen molar-refractivity contribution in [2.75, 3.05) is 20.8 Å². The van der Waals surface area contributed by atoms with Crippen LogP contribution in [0.3, 0.4) is 0 Å². The minimum absolute atomic E-state index is 0.0457. The molecule has 3 amide bonds. The van der Waals surface area contributed by atoms with Crippen LogP contribution < -0.4 is 10.6 Å². The van der Waals surface area contributed by atoms with Crippen molar-refractivity contribution in [2.24, 2.45) is 17.8 Å². The van der Waals surface area contributed by atoms with Crippen molar-refractivity contribution in [3.05, 3.63) is 96.4 Å². The van der Waals surface area contributed by atoms with Crippen molar-refractivity contribution in [1.82, 2.24) is 40.4 Å². The Morgan fingerprint density at radius 2 is 1.51 bits per heavy atom.